The normalized spacial score (nSPS) is 16.6. The molecule has 5 nitrogen and oxygen atoms in total. The quantitative estimate of drug-likeness (QED) is 0.809. The SMILES string of the molecule is CCNCc1cc(S(=O)(=O)NC(C)(C)C2CC2)c(C)o1. The highest BCUT2D eigenvalue weighted by Gasteiger charge is 2.41. The lowest BCUT2D eigenvalue weighted by molar-refractivity contribution is 0.399. The van der Waals surface area contributed by atoms with E-state index in [2.05, 4.69) is 10.0 Å². The van der Waals surface area contributed by atoms with Crippen molar-refractivity contribution in [3.05, 3.63) is 17.6 Å². The Hall–Kier alpha value is -0.850. The topological polar surface area (TPSA) is 71.3 Å². The number of aryl methyl sites for hydroxylation is 1. The second-order valence-corrected chi connectivity index (χ2v) is 7.67. The number of nitrogens with one attached hydrogen (secondary N) is 2. The molecule has 0 bridgehead atoms. The number of hydrogen-bond acceptors (Lipinski definition) is 4. The minimum absolute atomic E-state index is 0.249. The minimum Gasteiger partial charge on any atom is -0.464 e. The lowest BCUT2D eigenvalue weighted by Gasteiger charge is -2.25. The fourth-order valence-corrected chi connectivity index (χ4v) is 4.09. The van der Waals surface area contributed by atoms with Gasteiger partial charge in [-0.2, -0.15) is 0 Å². The Morgan fingerprint density at radius 2 is 2.05 bits per heavy atom. The average Bonchev–Trinajstić information content (AvgIpc) is 3.10. The van der Waals surface area contributed by atoms with Crippen molar-refractivity contribution >= 4 is 10.0 Å². The van der Waals surface area contributed by atoms with Gasteiger partial charge in [-0.1, -0.05) is 6.92 Å². The van der Waals surface area contributed by atoms with Crippen LogP contribution in [0, 0.1) is 12.8 Å². The van der Waals surface area contributed by atoms with Gasteiger partial charge in [0, 0.05) is 11.6 Å². The summed E-state index contributed by atoms with van der Waals surface area (Å²) in [6, 6.07) is 1.61. The first-order valence-electron chi connectivity index (χ1n) is 7.10. The zero-order valence-corrected chi connectivity index (χ0v) is 13.4. The lowest BCUT2D eigenvalue weighted by atomic mass is 10.0. The van der Waals surface area contributed by atoms with Gasteiger partial charge in [0.05, 0.1) is 6.54 Å². The van der Waals surface area contributed by atoms with Gasteiger partial charge in [0.25, 0.3) is 0 Å². The summed E-state index contributed by atoms with van der Waals surface area (Å²) in [5.41, 5.74) is -0.398. The van der Waals surface area contributed by atoms with Crippen LogP contribution in [0.4, 0.5) is 0 Å². The maximum Gasteiger partial charge on any atom is 0.244 e. The highest BCUT2D eigenvalue weighted by molar-refractivity contribution is 7.89. The molecule has 0 atom stereocenters. The first-order chi connectivity index (χ1) is 9.26. The zero-order chi connectivity index (χ0) is 15.0. The van der Waals surface area contributed by atoms with Gasteiger partial charge in [-0.3, -0.25) is 0 Å². The van der Waals surface area contributed by atoms with E-state index in [1.807, 2.05) is 20.8 Å². The summed E-state index contributed by atoms with van der Waals surface area (Å²) in [7, 11) is -3.53. The molecule has 0 unspecified atom stereocenters. The molecule has 0 amide bonds. The van der Waals surface area contributed by atoms with Crippen molar-refractivity contribution in [1.29, 1.82) is 0 Å². The fourth-order valence-electron chi connectivity index (χ4n) is 2.42. The molecule has 1 aromatic heterocycles. The van der Waals surface area contributed by atoms with Crippen molar-refractivity contribution in [2.45, 2.75) is 57.5 Å². The fraction of sp³-hybridized carbons (Fsp3) is 0.714. The van der Waals surface area contributed by atoms with E-state index in [9.17, 15) is 8.42 Å². The van der Waals surface area contributed by atoms with Gasteiger partial charge in [0.1, 0.15) is 16.4 Å². The third-order valence-electron chi connectivity index (χ3n) is 3.76. The summed E-state index contributed by atoms with van der Waals surface area (Å²) in [6.45, 7) is 8.92. The molecule has 1 aliphatic rings. The molecule has 2 N–H and O–H groups in total. The number of furan rings is 1. The van der Waals surface area contributed by atoms with E-state index in [0.717, 1.165) is 19.4 Å². The van der Waals surface area contributed by atoms with E-state index >= 15 is 0 Å². The monoisotopic (exact) mass is 300 g/mol. The Kier molecular flexibility index (Phi) is 4.27. The van der Waals surface area contributed by atoms with Crippen LogP contribution in [0.2, 0.25) is 0 Å². The van der Waals surface area contributed by atoms with Crippen LogP contribution < -0.4 is 10.0 Å². The van der Waals surface area contributed by atoms with Crippen LogP contribution in [0.5, 0.6) is 0 Å². The van der Waals surface area contributed by atoms with E-state index in [0.29, 0.717) is 24.0 Å². The molecule has 20 heavy (non-hydrogen) atoms. The Balaban J connectivity index is 2.18. The first-order valence-corrected chi connectivity index (χ1v) is 8.58. The molecule has 0 aliphatic heterocycles. The molecular formula is C14H24N2O3S. The standard InChI is InChI=1S/C14H24N2O3S/c1-5-15-9-12-8-13(10(2)19-12)20(17,18)16-14(3,4)11-6-7-11/h8,11,15-16H,5-7,9H2,1-4H3. The van der Waals surface area contributed by atoms with Crippen LogP contribution in [-0.2, 0) is 16.6 Å². The third-order valence-corrected chi connectivity index (χ3v) is 5.54. The van der Waals surface area contributed by atoms with Gasteiger partial charge in [-0.15, -0.1) is 0 Å². The van der Waals surface area contributed by atoms with Crippen LogP contribution in [0.25, 0.3) is 0 Å². The summed E-state index contributed by atoms with van der Waals surface area (Å²) in [4.78, 5) is 0.249. The molecule has 1 aromatic rings. The van der Waals surface area contributed by atoms with E-state index in [1.165, 1.54) is 0 Å². The highest BCUT2D eigenvalue weighted by Crippen LogP contribution is 2.40. The second kappa shape index (κ2) is 5.50. The zero-order valence-electron chi connectivity index (χ0n) is 12.6. The molecule has 1 fully saturated rings. The molecule has 2 rings (SSSR count). The molecule has 1 heterocycles. The first kappa shape index (κ1) is 15.5. The van der Waals surface area contributed by atoms with Gasteiger partial charge in [0.2, 0.25) is 10.0 Å². The molecule has 0 aromatic carbocycles. The largest absolute Gasteiger partial charge is 0.464 e. The molecular weight excluding hydrogens is 276 g/mol. The van der Waals surface area contributed by atoms with Crippen molar-refractivity contribution < 1.29 is 12.8 Å². The van der Waals surface area contributed by atoms with Gasteiger partial charge < -0.3 is 9.73 Å². The summed E-state index contributed by atoms with van der Waals surface area (Å²) in [6.07, 6.45) is 2.18. The van der Waals surface area contributed by atoms with Crippen molar-refractivity contribution in [1.82, 2.24) is 10.0 Å². The lowest BCUT2D eigenvalue weighted by Crippen LogP contribution is -2.45. The maximum atomic E-state index is 12.5. The van der Waals surface area contributed by atoms with Crippen molar-refractivity contribution in [2.75, 3.05) is 6.54 Å². The third kappa shape index (κ3) is 3.42. The Bertz CT molecular complexity index is 571. The molecule has 0 saturated heterocycles. The van der Waals surface area contributed by atoms with Crippen LogP contribution in [-0.4, -0.2) is 20.5 Å². The maximum absolute atomic E-state index is 12.5. The van der Waals surface area contributed by atoms with Gasteiger partial charge >= 0.3 is 0 Å². The summed E-state index contributed by atoms with van der Waals surface area (Å²) >= 11 is 0. The van der Waals surface area contributed by atoms with Crippen LogP contribution >= 0.6 is 0 Å². The van der Waals surface area contributed by atoms with Gasteiger partial charge in [-0.25, -0.2) is 13.1 Å². The highest BCUT2D eigenvalue weighted by atomic mass is 32.2. The van der Waals surface area contributed by atoms with E-state index in [4.69, 9.17) is 4.42 Å². The molecule has 1 saturated carbocycles. The van der Waals surface area contributed by atoms with E-state index in [1.54, 1.807) is 13.0 Å². The summed E-state index contributed by atoms with van der Waals surface area (Å²) < 4.78 is 33.3. The Morgan fingerprint density at radius 3 is 2.60 bits per heavy atom. The smallest absolute Gasteiger partial charge is 0.244 e. The van der Waals surface area contributed by atoms with Gasteiger partial charge in [-0.05, 0) is 46.1 Å². The van der Waals surface area contributed by atoms with Crippen molar-refractivity contribution in [3.8, 4) is 0 Å². The second-order valence-electron chi connectivity index (χ2n) is 6.01. The minimum atomic E-state index is -3.53. The summed E-state index contributed by atoms with van der Waals surface area (Å²) in [5.74, 6) is 1.52. The summed E-state index contributed by atoms with van der Waals surface area (Å²) in [5, 5.41) is 3.12. The molecule has 114 valence electrons. The van der Waals surface area contributed by atoms with Crippen molar-refractivity contribution in [2.24, 2.45) is 5.92 Å². The number of rotatable bonds is 7. The number of sulfonamides is 1. The Morgan fingerprint density at radius 1 is 1.40 bits per heavy atom. The van der Waals surface area contributed by atoms with Crippen LogP contribution in [0.1, 0.15) is 45.1 Å². The van der Waals surface area contributed by atoms with Crippen LogP contribution in [0.3, 0.4) is 0 Å². The average molecular weight is 300 g/mol. The van der Waals surface area contributed by atoms with E-state index in [-0.39, 0.29) is 4.90 Å². The predicted octanol–water partition coefficient (Wildman–Crippen LogP) is 2.16. The molecule has 0 spiro atoms. The van der Waals surface area contributed by atoms with Gasteiger partial charge in [0.15, 0.2) is 0 Å². The molecule has 1 aliphatic carbocycles. The van der Waals surface area contributed by atoms with E-state index < -0.39 is 15.6 Å². The molecule has 0 radical (unpaired) electrons. The predicted molar refractivity (Wildman–Crippen MR) is 78.0 cm³/mol. The number of hydrogen-bond donors (Lipinski definition) is 2. The molecule has 6 heteroatoms. The Labute approximate surface area is 121 Å². The van der Waals surface area contributed by atoms with Crippen LogP contribution in [0.15, 0.2) is 15.4 Å². The van der Waals surface area contributed by atoms with Crippen molar-refractivity contribution in [3.63, 3.8) is 0 Å².